The second-order valence-corrected chi connectivity index (χ2v) is 6.87. The maximum absolute atomic E-state index is 12.2. The lowest BCUT2D eigenvalue weighted by Crippen LogP contribution is -2.27. The first-order valence-corrected chi connectivity index (χ1v) is 8.02. The molecule has 1 atom stereocenters. The van der Waals surface area contributed by atoms with Gasteiger partial charge in [-0.1, -0.05) is 29.3 Å². The highest BCUT2D eigenvalue weighted by atomic mass is 35.5. The van der Waals surface area contributed by atoms with Crippen molar-refractivity contribution < 1.29 is 8.42 Å². The van der Waals surface area contributed by atoms with Gasteiger partial charge in [-0.25, -0.2) is 18.1 Å². The number of halogens is 2. The fourth-order valence-electron chi connectivity index (χ4n) is 1.75. The van der Waals surface area contributed by atoms with E-state index in [1.54, 1.807) is 32.0 Å². The topological polar surface area (TPSA) is 74.8 Å². The van der Waals surface area contributed by atoms with E-state index in [2.05, 4.69) is 14.7 Å². The lowest BCUT2D eigenvalue weighted by Gasteiger charge is -2.15. The summed E-state index contributed by atoms with van der Waals surface area (Å²) >= 11 is 11.9. The molecule has 0 saturated heterocycles. The van der Waals surface area contributed by atoms with E-state index in [9.17, 15) is 8.42 Å². The average molecular weight is 334 g/mol. The van der Waals surface area contributed by atoms with Crippen molar-refractivity contribution in [2.45, 2.75) is 24.9 Å². The van der Waals surface area contributed by atoms with Gasteiger partial charge in [0.2, 0.25) is 0 Å². The summed E-state index contributed by atoms with van der Waals surface area (Å²) in [6.45, 7) is 3.38. The molecule has 1 unspecified atom stereocenters. The minimum atomic E-state index is -3.67. The second-order valence-electron chi connectivity index (χ2n) is 4.34. The largest absolute Gasteiger partial charge is 0.332 e. The van der Waals surface area contributed by atoms with Crippen LogP contribution in [0.4, 0.5) is 0 Å². The lowest BCUT2D eigenvalue weighted by atomic mass is 10.1. The molecular weight excluding hydrogens is 321 g/mol. The second kappa shape index (κ2) is 5.73. The SMILES string of the molecule is Cc1ncc(S(=O)(=O)NC(C)c2ccc(Cl)cc2Cl)[nH]1. The standard InChI is InChI=1S/C12H13Cl2N3O2S/c1-7(10-4-3-9(13)5-11(10)14)17-20(18,19)12-6-15-8(2)16-12/h3-7,17H,1-2H3,(H,15,16). The van der Waals surface area contributed by atoms with Gasteiger partial charge in [-0.15, -0.1) is 0 Å². The van der Waals surface area contributed by atoms with Crippen LogP contribution in [0.1, 0.15) is 24.4 Å². The molecule has 0 amide bonds. The van der Waals surface area contributed by atoms with E-state index >= 15 is 0 Å². The van der Waals surface area contributed by atoms with Gasteiger partial charge in [0, 0.05) is 16.1 Å². The Balaban J connectivity index is 2.25. The lowest BCUT2D eigenvalue weighted by molar-refractivity contribution is 0.563. The number of imidazole rings is 1. The van der Waals surface area contributed by atoms with Crippen molar-refractivity contribution in [2.24, 2.45) is 0 Å². The number of aromatic amines is 1. The van der Waals surface area contributed by atoms with Gasteiger partial charge in [-0.2, -0.15) is 0 Å². The Kier molecular flexibility index (Phi) is 4.39. The quantitative estimate of drug-likeness (QED) is 0.902. The molecule has 2 N–H and O–H groups in total. The van der Waals surface area contributed by atoms with E-state index in [1.807, 2.05) is 0 Å². The van der Waals surface area contributed by atoms with Crippen molar-refractivity contribution in [3.05, 3.63) is 45.8 Å². The molecule has 0 radical (unpaired) electrons. The van der Waals surface area contributed by atoms with Crippen LogP contribution < -0.4 is 4.72 Å². The summed E-state index contributed by atoms with van der Waals surface area (Å²) in [6.07, 6.45) is 1.27. The van der Waals surface area contributed by atoms with Crippen LogP contribution in [0.15, 0.2) is 29.4 Å². The van der Waals surface area contributed by atoms with Gasteiger partial charge in [0.15, 0.2) is 5.03 Å². The number of rotatable bonds is 4. The summed E-state index contributed by atoms with van der Waals surface area (Å²) in [6, 6.07) is 4.43. The normalized spacial score (nSPS) is 13.4. The molecule has 0 aliphatic rings. The molecule has 20 heavy (non-hydrogen) atoms. The van der Waals surface area contributed by atoms with E-state index in [0.717, 1.165) is 0 Å². The molecule has 0 aliphatic heterocycles. The van der Waals surface area contributed by atoms with Gasteiger partial charge < -0.3 is 4.98 Å². The van der Waals surface area contributed by atoms with Gasteiger partial charge in [0.1, 0.15) is 5.82 Å². The molecule has 2 rings (SSSR count). The van der Waals surface area contributed by atoms with Crippen LogP contribution in [0.2, 0.25) is 10.0 Å². The fraction of sp³-hybridized carbons (Fsp3) is 0.250. The van der Waals surface area contributed by atoms with Crippen LogP contribution in [0, 0.1) is 6.92 Å². The van der Waals surface area contributed by atoms with Crippen LogP contribution in [-0.4, -0.2) is 18.4 Å². The Bertz CT molecular complexity index is 728. The van der Waals surface area contributed by atoms with Crippen molar-refractivity contribution >= 4 is 33.2 Å². The van der Waals surface area contributed by atoms with E-state index in [4.69, 9.17) is 23.2 Å². The van der Waals surface area contributed by atoms with E-state index < -0.39 is 16.1 Å². The summed E-state index contributed by atoms with van der Waals surface area (Å²) in [5, 5.41) is 0.929. The smallest absolute Gasteiger partial charge is 0.258 e. The molecule has 2 aromatic rings. The zero-order valence-corrected chi connectivity index (χ0v) is 13.1. The maximum Gasteiger partial charge on any atom is 0.258 e. The zero-order valence-electron chi connectivity index (χ0n) is 10.8. The molecule has 8 heteroatoms. The van der Waals surface area contributed by atoms with E-state index in [1.165, 1.54) is 6.20 Å². The Labute approximate surface area is 127 Å². The number of sulfonamides is 1. The predicted molar refractivity (Wildman–Crippen MR) is 78.5 cm³/mol. The van der Waals surface area contributed by atoms with Crippen molar-refractivity contribution in [2.75, 3.05) is 0 Å². The zero-order chi connectivity index (χ0) is 14.9. The average Bonchev–Trinajstić information content (AvgIpc) is 2.75. The molecular formula is C12H13Cl2N3O2S. The first-order valence-electron chi connectivity index (χ1n) is 5.78. The maximum atomic E-state index is 12.2. The van der Waals surface area contributed by atoms with Crippen molar-refractivity contribution in [3.63, 3.8) is 0 Å². The van der Waals surface area contributed by atoms with Crippen LogP contribution in [-0.2, 0) is 10.0 Å². The van der Waals surface area contributed by atoms with Crippen LogP contribution in [0.25, 0.3) is 0 Å². The summed E-state index contributed by atoms with van der Waals surface area (Å²) < 4.78 is 26.8. The van der Waals surface area contributed by atoms with Gasteiger partial charge in [-0.3, -0.25) is 0 Å². The summed E-state index contributed by atoms with van der Waals surface area (Å²) in [5.41, 5.74) is 0.649. The van der Waals surface area contributed by atoms with Crippen molar-refractivity contribution in [3.8, 4) is 0 Å². The van der Waals surface area contributed by atoms with E-state index in [0.29, 0.717) is 21.4 Å². The Morgan fingerprint density at radius 3 is 2.60 bits per heavy atom. The van der Waals surface area contributed by atoms with E-state index in [-0.39, 0.29) is 5.03 Å². The molecule has 0 saturated carbocycles. The summed E-state index contributed by atoms with van der Waals surface area (Å²) in [5.74, 6) is 0.530. The first-order chi connectivity index (χ1) is 9.29. The van der Waals surface area contributed by atoms with Crippen LogP contribution in [0.5, 0.6) is 0 Å². The number of aryl methyl sites for hydroxylation is 1. The van der Waals surface area contributed by atoms with Crippen molar-refractivity contribution in [1.82, 2.24) is 14.7 Å². The molecule has 1 heterocycles. The Morgan fingerprint density at radius 2 is 2.05 bits per heavy atom. The van der Waals surface area contributed by atoms with Gasteiger partial charge >= 0.3 is 0 Å². The van der Waals surface area contributed by atoms with Crippen LogP contribution in [0.3, 0.4) is 0 Å². The number of aromatic nitrogens is 2. The third-order valence-corrected chi connectivity index (χ3v) is 4.74. The molecule has 108 valence electrons. The number of hydrogen-bond donors (Lipinski definition) is 2. The number of benzene rings is 1. The first kappa shape index (κ1) is 15.3. The molecule has 0 bridgehead atoms. The highest BCUT2D eigenvalue weighted by Gasteiger charge is 2.21. The third kappa shape index (κ3) is 3.32. The fourth-order valence-corrected chi connectivity index (χ4v) is 3.51. The van der Waals surface area contributed by atoms with Crippen molar-refractivity contribution in [1.29, 1.82) is 0 Å². The molecule has 0 spiro atoms. The predicted octanol–water partition coefficient (Wildman–Crippen LogP) is 3.06. The molecule has 0 aliphatic carbocycles. The minimum absolute atomic E-state index is 0.0203. The highest BCUT2D eigenvalue weighted by molar-refractivity contribution is 7.89. The monoisotopic (exact) mass is 333 g/mol. The number of H-pyrrole nitrogens is 1. The highest BCUT2D eigenvalue weighted by Crippen LogP contribution is 2.27. The number of hydrogen-bond acceptors (Lipinski definition) is 3. The summed E-state index contributed by atoms with van der Waals surface area (Å²) in [4.78, 5) is 6.56. The Hall–Kier alpha value is -1.08. The van der Waals surface area contributed by atoms with Crippen LogP contribution >= 0.6 is 23.2 Å². The minimum Gasteiger partial charge on any atom is -0.332 e. The third-order valence-electron chi connectivity index (χ3n) is 2.73. The summed E-state index contributed by atoms with van der Waals surface area (Å²) in [7, 11) is -3.67. The number of nitrogens with one attached hydrogen (secondary N) is 2. The molecule has 1 aromatic carbocycles. The number of nitrogens with zero attached hydrogens (tertiary/aromatic N) is 1. The van der Waals surface area contributed by atoms with Gasteiger partial charge in [-0.05, 0) is 31.5 Å². The van der Waals surface area contributed by atoms with Gasteiger partial charge in [0.05, 0.1) is 6.20 Å². The molecule has 0 fully saturated rings. The molecule has 1 aromatic heterocycles. The van der Waals surface area contributed by atoms with Gasteiger partial charge in [0.25, 0.3) is 10.0 Å². The molecule has 5 nitrogen and oxygen atoms in total. The Morgan fingerprint density at radius 1 is 1.35 bits per heavy atom.